The first-order chi connectivity index (χ1) is 14.1. The van der Waals surface area contributed by atoms with Crippen LogP contribution in [0.4, 0.5) is 8.78 Å². The molecule has 6 nitrogen and oxygen atoms in total. The monoisotopic (exact) mass is 418 g/mol. The lowest BCUT2D eigenvalue weighted by atomic mass is 10.1. The summed E-state index contributed by atoms with van der Waals surface area (Å²) in [5.41, 5.74) is 1.66. The smallest absolute Gasteiger partial charge is 0.280 e. The summed E-state index contributed by atoms with van der Waals surface area (Å²) in [6.07, 6.45) is -1.17. The molecule has 0 saturated carbocycles. The number of ether oxygens (including phenoxy) is 1. The zero-order valence-electron chi connectivity index (χ0n) is 15.8. The van der Waals surface area contributed by atoms with Crippen molar-refractivity contribution < 1.29 is 18.3 Å². The molecule has 1 fully saturated rings. The summed E-state index contributed by atoms with van der Waals surface area (Å²) in [6.45, 7) is 1.41. The molecule has 0 bridgehead atoms. The Labute approximate surface area is 170 Å². The molecular formula is C20H20F2N4O2S. The van der Waals surface area contributed by atoms with Crippen LogP contribution in [-0.2, 0) is 11.2 Å². The Morgan fingerprint density at radius 2 is 1.97 bits per heavy atom. The van der Waals surface area contributed by atoms with Crippen molar-refractivity contribution in [1.29, 1.82) is 0 Å². The number of amides is 1. The average Bonchev–Trinajstić information content (AvgIpc) is 3.16. The Morgan fingerprint density at radius 3 is 2.62 bits per heavy atom. The number of halogens is 2. The van der Waals surface area contributed by atoms with Gasteiger partial charge < -0.3 is 9.64 Å². The van der Waals surface area contributed by atoms with Gasteiger partial charge in [0, 0.05) is 35.7 Å². The summed E-state index contributed by atoms with van der Waals surface area (Å²) in [4.78, 5) is 19.0. The molecule has 0 atom stereocenters. The molecule has 0 N–H and O–H groups in total. The summed E-state index contributed by atoms with van der Waals surface area (Å²) in [7, 11) is 1.56. The van der Waals surface area contributed by atoms with Crippen molar-refractivity contribution in [3.8, 4) is 17.0 Å². The van der Waals surface area contributed by atoms with Crippen LogP contribution in [0.3, 0.4) is 0 Å². The molecule has 2 aromatic heterocycles. The number of alkyl halides is 2. The molecule has 1 aromatic carbocycles. The number of benzene rings is 1. The molecule has 0 spiro atoms. The van der Waals surface area contributed by atoms with Crippen molar-refractivity contribution in [1.82, 2.24) is 19.5 Å². The molecule has 0 unspecified atom stereocenters. The number of carbonyl (C=O) groups excluding carboxylic acids is 1. The van der Waals surface area contributed by atoms with Gasteiger partial charge in [0.15, 0.2) is 5.65 Å². The molecule has 9 heteroatoms. The van der Waals surface area contributed by atoms with Crippen LogP contribution < -0.4 is 4.74 Å². The highest BCUT2D eigenvalue weighted by molar-refractivity contribution is 7.99. The van der Waals surface area contributed by atoms with E-state index in [4.69, 9.17) is 4.74 Å². The molecule has 1 amide bonds. The first-order valence-corrected chi connectivity index (χ1v) is 10.4. The van der Waals surface area contributed by atoms with Gasteiger partial charge >= 0.3 is 0 Å². The van der Waals surface area contributed by atoms with Crippen molar-refractivity contribution >= 4 is 23.3 Å². The Morgan fingerprint density at radius 1 is 1.24 bits per heavy atom. The topological polar surface area (TPSA) is 59.7 Å². The Kier molecular flexibility index (Phi) is 5.66. The number of hydrogen-bond donors (Lipinski definition) is 0. The summed E-state index contributed by atoms with van der Waals surface area (Å²) in [5, 5.41) is 4.08. The van der Waals surface area contributed by atoms with Crippen molar-refractivity contribution in [2.24, 2.45) is 0 Å². The van der Waals surface area contributed by atoms with Crippen LogP contribution in [0.25, 0.3) is 16.9 Å². The minimum atomic E-state index is -2.72. The Bertz CT molecular complexity index is 1020. The summed E-state index contributed by atoms with van der Waals surface area (Å²) in [5.74, 6) is 2.46. The van der Waals surface area contributed by atoms with Crippen LogP contribution in [0.1, 0.15) is 17.7 Å². The predicted molar refractivity (Wildman–Crippen MR) is 108 cm³/mol. The molecule has 4 rings (SSSR count). The molecule has 29 heavy (non-hydrogen) atoms. The second kappa shape index (κ2) is 8.36. The van der Waals surface area contributed by atoms with Crippen LogP contribution >= 0.6 is 11.8 Å². The maximum absolute atomic E-state index is 13.7. The molecule has 3 heterocycles. The lowest BCUT2D eigenvalue weighted by molar-refractivity contribution is -0.130. The van der Waals surface area contributed by atoms with Gasteiger partial charge in [0.05, 0.1) is 25.4 Å². The van der Waals surface area contributed by atoms with Gasteiger partial charge in [0.25, 0.3) is 6.43 Å². The number of thioether (sulfide) groups is 1. The number of methoxy groups -OCH3 is 1. The van der Waals surface area contributed by atoms with E-state index in [0.29, 0.717) is 35.7 Å². The summed E-state index contributed by atoms with van der Waals surface area (Å²) < 4.78 is 33.7. The van der Waals surface area contributed by atoms with Crippen LogP contribution in [0.2, 0.25) is 0 Å². The van der Waals surface area contributed by atoms with Gasteiger partial charge in [-0.05, 0) is 30.3 Å². The zero-order valence-corrected chi connectivity index (χ0v) is 16.7. The van der Waals surface area contributed by atoms with Gasteiger partial charge in [-0.2, -0.15) is 16.9 Å². The molecule has 152 valence electrons. The molecule has 0 radical (unpaired) electrons. The van der Waals surface area contributed by atoms with E-state index in [2.05, 4.69) is 10.1 Å². The normalized spacial score (nSPS) is 14.6. The highest BCUT2D eigenvalue weighted by atomic mass is 32.2. The van der Waals surface area contributed by atoms with E-state index >= 15 is 0 Å². The number of carbonyl (C=O) groups is 1. The fourth-order valence-electron chi connectivity index (χ4n) is 3.31. The predicted octanol–water partition coefficient (Wildman–Crippen LogP) is 3.46. The standard InChI is InChI=1S/C20H20F2N4O2S/c1-28-15-4-2-13(3-5-15)16-11-17(19(21)22)26-20(24-16)14(12-23-26)10-18(27)25-6-8-29-9-7-25/h2-5,11-12,19H,6-10H2,1H3. The minimum absolute atomic E-state index is 0.0320. The number of hydrogen-bond acceptors (Lipinski definition) is 5. The van der Waals surface area contributed by atoms with E-state index in [1.807, 2.05) is 11.8 Å². The second-order valence-corrected chi connectivity index (χ2v) is 7.90. The fraction of sp³-hybridized carbons (Fsp3) is 0.350. The van der Waals surface area contributed by atoms with E-state index in [1.165, 1.54) is 12.3 Å². The SMILES string of the molecule is COc1ccc(-c2cc(C(F)F)n3ncc(CC(=O)N4CCSCC4)c3n2)cc1. The third-order valence-corrected chi connectivity index (χ3v) is 5.83. The third-order valence-electron chi connectivity index (χ3n) is 4.89. The van der Waals surface area contributed by atoms with Gasteiger partial charge in [-0.1, -0.05) is 0 Å². The van der Waals surface area contributed by atoms with E-state index in [1.54, 1.807) is 36.3 Å². The van der Waals surface area contributed by atoms with Crippen molar-refractivity contribution in [2.45, 2.75) is 12.8 Å². The molecule has 3 aromatic rings. The van der Waals surface area contributed by atoms with Gasteiger partial charge in [-0.3, -0.25) is 4.79 Å². The Balaban J connectivity index is 1.72. The number of nitrogens with zero attached hydrogens (tertiary/aromatic N) is 4. The number of rotatable bonds is 5. The maximum Gasteiger partial charge on any atom is 0.280 e. The number of aromatic nitrogens is 3. The van der Waals surface area contributed by atoms with Crippen LogP contribution in [-0.4, -0.2) is 57.1 Å². The van der Waals surface area contributed by atoms with E-state index in [0.717, 1.165) is 16.0 Å². The lowest BCUT2D eigenvalue weighted by Crippen LogP contribution is -2.38. The van der Waals surface area contributed by atoms with Gasteiger partial charge in [-0.15, -0.1) is 0 Å². The van der Waals surface area contributed by atoms with E-state index < -0.39 is 6.43 Å². The maximum atomic E-state index is 13.7. The lowest BCUT2D eigenvalue weighted by Gasteiger charge is -2.26. The van der Waals surface area contributed by atoms with Gasteiger partial charge in [0.1, 0.15) is 11.4 Å². The molecule has 0 aliphatic carbocycles. The average molecular weight is 418 g/mol. The molecule has 1 aliphatic heterocycles. The fourth-order valence-corrected chi connectivity index (χ4v) is 4.21. The van der Waals surface area contributed by atoms with Crippen LogP contribution in [0.15, 0.2) is 36.5 Å². The first kappa shape index (κ1) is 19.6. The zero-order chi connectivity index (χ0) is 20.4. The van der Waals surface area contributed by atoms with Crippen molar-refractivity contribution in [2.75, 3.05) is 31.7 Å². The van der Waals surface area contributed by atoms with Gasteiger partial charge in [-0.25, -0.2) is 18.3 Å². The highest BCUT2D eigenvalue weighted by Crippen LogP contribution is 2.28. The van der Waals surface area contributed by atoms with Crippen molar-refractivity contribution in [3.05, 3.63) is 47.8 Å². The first-order valence-electron chi connectivity index (χ1n) is 9.22. The molecule has 1 saturated heterocycles. The summed E-state index contributed by atoms with van der Waals surface area (Å²) >= 11 is 1.82. The van der Waals surface area contributed by atoms with E-state index in [-0.39, 0.29) is 23.7 Å². The highest BCUT2D eigenvalue weighted by Gasteiger charge is 2.22. The number of fused-ring (bicyclic) bond motifs is 1. The van der Waals surface area contributed by atoms with E-state index in [9.17, 15) is 13.6 Å². The largest absolute Gasteiger partial charge is 0.497 e. The summed E-state index contributed by atoms with van der Waals surface area (Å²) in [6, 6.07) is 8.36. The minimum Gasteiger partial charge on any atom is -0.497 e. The molecule has 1 aliphatic rings. The third kappa shape index (κ3) is 4.05. The second-order valence-electron chi connectivity index (χ2n) is 6.67. The van der Waals surface area contributed by atoms with Crippen LogP contribution in [0.5, 0.6) is 5.75 Å². The molecular weight excluding hydrogens is 398 g/mol. The van der Waals surface area contributed by atoms with Crippen LogP contribution in [0, 0.1) is 0 Å². The van der Waals surface area contributed by atoms with Crippen molar-refractivity contribution in [3.63, 3.8) is 0 Å². The van der Waals surface area contributed by atoms with Gasteiger partial charge in [0.2, 0.25) is 5.91 Å². The quantitative estimate of drug-likeness (QED) is 0.635. The Hall–Kier alpha value is -2.68.